The number of piperazine rings is 1. The maximum absolute atomic E-state index is 13.9. The van der Waals surface area contributed by atoms with Gasteiger partial charge in [0.25, 0.3) is 21.6 Å². The summed E-state index contributed by atoms with van der Waals surface area (Å²) in [6.07, 6.45) is 10.5. The van der Waals surface area contributed by atoms with Gasteiger partial charge in [-0.25, -0.2) is 18.1 Å². The van der Waals surface area contributed by atoms with Gasteiger partial charge in [-0.2, -0.15) is 0 Å². The molecule has 2 aliphatic heterocycles. The monoisotopic (exact) mass is 838 g/mol. The molecule has 2 aromatic heterocycles. The van der Waals surface area contributed by atoms with Crippen molar-refractivity contribution in [3.63, 3.8) is 0 Å². The second-order valence-electron chi connectivity index (χ2n) is 18.8. The van der Waals surface area contributed by atoms with Crippen molar-refractivity contribution in [2.75, 3.05) is 69.7 Å². The Bertz CT molecular complexity index is 2470. The number of likely N-dealkylation sites (N-methyl/N-ethyl adjacent to an activating group) is 1. The topological polar surface area (TPSA) is 175 Å². The average molecular weight is 839 g/mol. The van der Waals surface area contributed by atoms with E-state index in [2.05, 4.69) is 50.6 Å². The summed E-state index contributed by atoms with van der Waals surface area (Å²) in [6.45, 7) is 13.3. The van der Waals surface area contributed by atoms with Gasteiger partial charge in [0.1, 0.15) is 29.1 Å². The number of allylic oxidation sites excluding steroid dienone is 1. The van der Waals surface area contributed by atoms with Crippen LogP contribution >= 0.6 is 0 Å². The van der Waals surface area contributed by atoms with E-state index in [0.717, 1.165) is 56.4 Å². The molecule has 6 aliphatic rings. The summed E-state index contributed by atoms with van der Waals surface area (Å²) in [6, 6.07) is 12.2. The number of rotatable bonds is 12. The highest BCUT2D eigenvalue weighted by molar-refractivity contribution is 7.90. The van der Waals surface area contributed by atoms with Crippen molar-refractivity contribution in [1.82, 2.24) is 24.5 Å². The number of aromatic amines is 1. The SMILES string of the molecule is CN1CCOC(Nc2ccc(S(=O)(=O)NC(=O)c3ccc(N4CCN(CC5=C(C67CC(C)(C6)C7)CC(C)(C)CC5)CC4)cc3Oc3cnc4[nH]ccc4c3)cc2[N+](=O)[O-])C1. The third kappa shape index (κ3) is 7.97. The minimum Gasteiger partial charge on any atom is -0.455 e. The number of aromatic nitrogens is 2. The minimum atomic E-state index is -4.56. The van der Waals surface area contributed by atoms with Crippen LogP contribution in [0.3, 0.4) is 0 Å². The van der Waals surface area contributed by atoms with Gasteiger partial charge in [0, 0.05) is 75.2 Å². The molecule has 2 aromatic carbocycles. The number of carbonyl (C=O) groups excluding carboxylic acids is 1. The molecule has 60 heavy (non-hydrogen) atoms. The molecule has 3 saturated carbocycles. The van der Waals surface area contributed by atoms with Crippen LogP contribution in [0, 0.1) is 26.4 Å². The van der Waals surface area contributed by atoms with E-state index >= 15 is 0 Å². The number of fused-ring (bicyclic) bond motifs is 1. The third-order valence-corrected chi connectivity index (χ3v) is 14.7. The van der Waals surface area contributed by atoms with Gasteiger partial charge in [-0.15, -0.1) is 0 Å². The van der Waals surface area contributed by atoms with Gasteiger partial charge in [-0.1, -0.05) is 31.9 Å². The van der Waals surface area contributed by atoms with E-state index in [1.807, 2.05) is 18.0 Å². The first-order chi connectivity index (χ1) is 28.6. The smallest absolute Gasteiger partial charge is 0.293 e. The fourth-order valence-corrected chi connectivity index (χ4v) is 11.4. The first-order valence-electron chi connectivity index (χ1n) is 20.9. The van der Waals surface area contributed by atoms with Crippen LogP contribution in [0.1, 0.15) is 69.7 Å². The van der Waals surface area contributed by atoms with Crippen LogP contribution in [-0.4, -0.2) is 105 Å². The summed E-state index contributed by atoms with van der Waals surface area (Å²) < 4.78 is 41.5. The quantitative estimate of drug-likeness (QED) is 0.0766. The second kappa shape index (κ2) is 15.2. The van der Waals surface area contributed by atoms with Crippen LogP contribution in [0.25, 0.3) is 11.0 Å². The molecule has 1 unspecified atom stereocenters. The summed E-state index contributed by atoms with van der Waals surface area (Å²) in [5.74, 6) is -0.433. The number of benzene rings is 2. The first kappa shape index (κ1) is 40.4. The van der Waals surface area contributed by atoms with E-state index in [1.54, 1.807) is 41.6 Å². The van der Waals surface area contributed by atoms with Gasteiger partial charge in [0.05, 0.1) is 28.2 Å². The second-order valence-corrected chi connectivity index (χ2v) is 20.5. The number of nitrogens with zero attached hydrogens (tertiary/aromatic N) is 5. The van der Waals surface area contributed by atoms with Crippen molar-refractivity contribution in [2.24, 2.45) is 16.2 Å². The van der Waals surface area contributed by atoms with Gasteiger partial charge in [0.2, 0.25) is 0 Å². The summed E-state index contributed by atoms with van der Waals surface area (Å²) in [4.78, 5) is 39.3. The molecule has 0 spiro atoms. The van der Waals surface area contributed by atoms with Gasteiger partial charge < -0.3 is 24.7 Å². The first-order valence-corrected chi connectivity index (χ1v) is 22.4. The normalized spacial score (nSPS) is 25.7. The Balaban J connectivity index is 0.931. The molecule has 0 radical (unpaired) electrons. The number of hydrogen-bond acceptors (Lipinski definition) is 12. The molecule has 10 rings (SSSR count). The number of anilines is 2. The van der Waals surface area contributed by atoms with Gasteiger partial charge >= 0.3 is 0 Å². The van der Waals surface area contributed by atoms with Crippen LogP contribution < -0.4 is 19.7 Å². The zero-order valence-corrected chi connectivity index (χ0v) is 35.6. The van der Waals surface area contributed by atoms with E-state index in [-0.39, 0.29) is 17.0 Å². The lowest BCUT2D eigenvalue weighted by molar-refractivity contribution is -0.384. The zero-order valence-electron chi connectivity index (χ0n) is 34.8. The van der Waals surface area contributed by atoms with Crippen molar-refractivity contribution in [3.05, 3.63) is 87.7 Å². The Hall–Kier alpha value is -5.03. The summed E-state index contributed by atoms with van der Waals surface area (Å²) in [7, 11) is -2.65. The van der Waals surface area contributed by atoms with Crippen molar-refractivity contribution < 1.29 is 27.6 Å². The highest BCUT2D eigenvalue weighted by Crippen LogP contribution is 2.77. The fraction of sp³-hybridized carbons (Fsp3) is 0.500. The Morgan fingerprint density at radius 3 is 2.57 bits per heavy atom. The van der Waals surface area contributed by atoms with Crippen LogP contribution in [0.4, 0.5) is 17.1 Å². The molecule has 318 valence electrons. The van der Waals surface area contributed by atoms with Gasteiger partial charge in [0.15, 0.2) is 0 Å². The fourth-order valence-electron chi connectivity index (χ4n) is 10.4. The molecule has 4 aliphatic carbocycles. The molecule has 15 nitrogen and oxygen atoms in total. The number of sulfonamides is 1. The van der Waals surface area contributed by atoms with Gasteiger partial charge in [-0.05, 0) is 98.2 Å². The molecule has 5 fully saturated rings. The minimum absolute atomic E-state index is 0.0244. The van der Waals surface area contributed by atoms with Crippen LogP contribution in [0.15, 0.2) is 77.0 Å². The average Bonchev–Trinajstić information content (AvgIpc) is 3.65. The van der Waals surface area contributed by atoms with E-state index < -0.39 is 37.7 Å². The Morgan fingerprint density at radius 1 is 1.05 bits per heavy atom. The Morgan fingerprint density at radius 2 is 1.83 bits per heavy atom. The van der Waals surface area contributed by atoms with Gasteiger partial charge in [-0.3, -0.25) is 24.7 Å². The lowest BCUT2D eigenvalue weighted by Crippen LogP contribution is -2.61. The number of nitro groups is 1. The lowest BCUT2D eigenvalue weighted by atomic mass is 9.33. The summed E-state index contributed by atoms with van der Waals surface area (Å²) in [5.41, 5.74) is 5.94. The number of morpholine rings is 1. The molecular formula is C44H54N8O7S. The molecule has 2 bridgehead atoms. The molecule has 4 aromatic rings. The summed E-state index contributed by atoms with van der Waals surface area (Å²) >= 11 is 0. The Kier molecular flexibility index (Phi) is 10.2. The van der Waals surface area contributed by atoms with Crippen molar-refractivity contribution in [3.8, 4) is 11.5 Å². The molecule has 1 amide bonds. The third-order valence-electron chi connectivity index (χ3n) is 13.4. The standard InChI is InChI=1S/C44H54N8O7S/c1-42(2)11-9-30(35(22-42)44-26-43(3,27-44)28-44)24-50-13-15-51(16-14-50)31-5-7-34(38(20-31)59-32-19-29-10-12-45-40(29)46-23-32)41(53)48-60(56,57)33-6-8-36(37(21-33)52(54)55)47-39-25-49(4)17-18-58-39/h5-8,10,12,19-21,23,39,47H,9,11,13-18,22,24-28H2,1-4H3,(H,45,46)(H,48,53). The van der Waals surface area contributed by atoms with Crippen LogP contribution in [-0.2, 0) is 14.8 Å². The predicted molar refractivity (Wildman–Crippen MR) is 229 cm³/mol. The molecular weight excluding hydrogens is 785 g/mol. The number of pyridine rings is 1. The van der Waals surface area contributed by atoms with Crippen molar-refractivity contribution in [2.45, 2.75) is 70.4 Å². The van der Waals surface area contributed by atoms with E-state index in [4.69, 9.17) is 9.47 Å². The van der Waals surface area contributed by atoms with Crippen molar-refractivity contribution in [1.29, 1.82) is 0 Å². The Labute approximate surface area is 350 Å². The highest BCUT2D eigenvalue weighted by atomic mass is 32.2. The number of carbonyl (C=O) groups is 1. The number of nitrogens with one attached hydrogen (secondary N) is 3. The van der Waals surface area contributed by atoms with E-state index in [9.17, 15) is 23.3 Å². The van der Waals surface area contributed by atoms with E-state index in [0.29, 0.717) is 40.8 Å². The molecule has 16 heteroatoms. The number of nitro benzene ring substituents is 1. The predicted octanol–water partition coefficient (Wildman–Crippen LogP) is 6.90. The number of amides is 1. The molecule has 1 atom stereocenters. The largest absolute Gasteiger partial charge is 0.455 e. The van der Waals surface area contributed by atoms with Crippen LogP contribution in [0.5, 0.6) is 11.5 Å². The zero-order chi connectivity index (χ0) is 42.0. The number of H-pyrrole nitrogens is 1. The van der Waals surface area contributed by atoms with E-state index in [1.165, 1.54) is 56.9 Å². The maximum Gasteiger partial charge on any atom is 0.293 e. The highest BCUT2D eigenvalue weighted by Gasteiger charge is 2.66. The van der Waals surface area contributed by atoms with Crippen molar-refractivity contribution >= 4 is 44.0 Å². The maximum atomic E-state index is 13.9. The number of ether oxygens (including phenoxy) is 2. The summed E-state index contributed by atoms with van der Waals surface area (Å²) in [5, 5.41) is 15.9. The molecule has 3 N–H and O–H groups in total. The molecule has 2 saturated heterocycles. The van der Waals surface area contributed by atoms with Crippen LogP contribution in [0.2, 0.25) is 0 Å². The number of hydrogen-bond donors (Lipinski definition) is 3. The lowest BCUT2D eigenvalue weighted by Gasteiger charge is -2.72. The molecule has 4 heterocycles.